The second-order valence-corrected chi connectivity index (χ2v) is 5.20. The van der Waals surface area contributed by atoms with Crippen molar-refractivity contribution in [3.63, 3.8) is 0 Å². The van der Waals surface area contributed by atoms with Crippen LogP contribution in [0.4, 0.5) is 5.69 Å². The Balaban J connectivity index is 1.65. The molecule has 0 atom stereocenters. The van der Waals surface area contributed by atoms with Crippen LogP contribution in [0.5, 0.6) is 0 Å². The van der Waals surface area contributed by atoms with Gasteiger partial charge in [0, 0.05) is 12.7 Å². The van der Waals surface area contributed by atoms with Crippen LogP contribution in [-0.2, 0) is 11.8 Å². The van der Waals surface area contributed by atoms with Crippen molar-refractivity contribution in [2.75, 3.05) is 11.1 Å². The summed E-state index contributed by atoms with van der Waals surface area (Å²) in [6, 6.07) is 5.14. The topological polar surface area (TPSA) is 121 Å². The van der Waals surface area contributed by atoms with Crippen LogP contribution in [0.15, 0.2) is 28.2 Å². The Kier molecular flexibility index (Phi) is 3.44. The van der Waals surface area contributed by atoms with E-state index in [1.165, 1.54) is 16.4 Å². The highest BCUT2D eigenvalue weighted by atomic mass is 32.2. The minimum atomic E-state index is -0.279. The van der Waals surface area contributed by atoms with Crippen molar-refractivity contribution in [2.24, 2.45) is 7.05 Å². The maximum atomic E-state index is 11.9. The van der Waals surface area contributed by atoms with E-state index in [0.29, 0.717) is 21.9 Å². The lowest BCUT2D eigenvalue weighted by Crippen LogP contribution is -2.14. The molecule has 0 saturated heterocycles. The van der Waals surface area contributed by atoms with Crippen molar-refractivity contribution in [2.45, 2.75) is 5.16 Å². The van der Waals surface area contributed by atoms with Crippen LogP contribution in [0.3, 0.4) is 0 Å². The number of rotatable bonds is 4. The molecular formula is C11H11N7O2S. The van der Waals surface area contributed by atoms with E-state index in [0.717, 1.165) is 0 Å². The largest absolute Gasteiger partial charge is 0.325 e. The first-order valence-corrected chi connectivity index (χ1v) is 6.97. The molecule has 1 amide bonds. The zero-order chi connectivity index (χ0) is 14.8. The molecule has 2 aromatic heterocycles. The van der Waals surface area contributed by atoms with E-state index in [2.05, 4.69) is 30.8 Å². The number of carbonyl (C=O) groups is 1. The second-order valence-electron chi connectivity index (χ2n) is 4.26. The third-order valence-electron chi connectivity index (χ3n) is 2.71. The summed E-state index contributed by atoms with van der Waals surface area (Å²) < 4.78 is 1.49. The number of aromatic nitrogens is 6. The normalized spacial score (nSPS) is 10.9. The SMILES string of the molecule is Cn1nnnc1SCC(=O)Nc1ccc2[nH]c(=O)[nH]c2c1. The summed E-state index contributed by atoms with van der Waals surface area (Å²) in [7, 11) is 1.70. The first-order valence-electron chi connectivity index (χ1n) is 5.99. The summed E-state index contributed by atoms with van der Waals surface area (Å²) in [4.78, 5) is 28.3. The van der Waals surface area contributed by atoms with Crippen LogP contribution in [0, 0.1) is 0 Å². The number of aromatic amines is 2. The molecule has 0 aliphatic heterocycles. The molecular weight excluding hydrogens is 294 g/mol. The number of imidazole rings is 1. The van der Waals surface area contributed by atoms with Gasteiger partial charge in [-0.25, -0.2) is 9.48 Å². The van der Waals surface area contributed by atoms with Crippen LogP contribution >= 0.6 is 11.8 Å². The molecule has 0 fully saturated rings. The predicted octanol–water partition coefficient (Wildman–Crippen LogP) is 0.110. The number of nitrogens with one attached hydrogen (secondary N) is 3. The number of nitrogens with zero attached hydrogens (tertiary/aromatic N) is 4. The monoisotopic (exact) mass is 305 g/mol. The third-order valence-corrected chi connectivity index (χ3v) is 3.72. The maximum absolute atomic E-state index is 11.9. The first-order chi connectivity index (χ1) is 10.1. The van der Waals surface area contributed by atoms with Crippen LogP contribution in [-0.4, -0.2) is 41.8 Å². The van der Waals surface area contributed by atoms with Gasteiger partial charge in [-0.05, 0) is 28.6 Å². The minimum Gasteiger partial charge on any atom is -0.325 e. The Morgan fingerprint density at radius 1 is 1.38 bits per heavy atom. The van der Waals surface area contributed by atoms with Crippen molar-refractivity contribution >= 4 is 34.4 Å². The highest BCUT2D eigenvalue weighted by molar-refractivity contribution is 7.99. The first kappa shape index (κ1) is 13.4. The Hall–Kier alpha value is -2.62. The van der Waals surface area contributed by atoms with E-state index < -0.39 is 0 Å². The molecule has 21 heavy (non-hydrogen) atoms. The molecule has 9 nitrogen and oxygen atoms in total. The average molecular weight is 305 g/mol. The molecule has 0 saturated carbocycles. The number of H-pyrrole nitrogens is 2. The zero-order valence-corrected chi connectivity index (χ0v) is 11.8. The highest BCUT2D eigenvalue weighted by Gasteiger charge is 2.08. The molecule has 0 radical (unpaired) electrons. The van der Waals surface area contributed by atoms with Gasteiger partial charge in [-0.3, -0.25) is 4.79 Å². The number of hydrogen-bond acceptors (Lipinski definition) is 6. The van der Waals surface area contributed by atoms with E-state index in [4.69, 9.17) is 0 Å². The molecule has 0 spiro atoms. The third kappa shape index (κ3) is 2.94. The van der Waals surface area contributed by atoms with Gasteiger partial charge in [0.2, 0.25) is 11.1 Å². The van der Waals surface area contributed by atoms with Crippen molar-refractivity contribution in [3.8, 4) is 0 Å². The Labute approximate surface area is 122 Å². The molecule has 108 valence electrons. The summed E-state index contributed by atoms with van der Waals surface area (Å²) in [5.41, 5.74) is 1.67. The van der Waals surface area contributed by atoms with E-state index in [1.54, 1.807) is 25.2 Å². The average Bonchev–Trinajstić information content (AvgIpc) is 3.00. The van der Waals surface area contributed by atoms with Crippen LogP contribution in [0.25, 0.3) is 11.0 Å². The molecule has 3 rings (SSSR count). The lowest BCUT2D eigenvalue weighted by atomic mass is 10.3. The van der Waals surface area contributed by atoms with E-state index >= 15 is 0 Å². The van der Waals surface area contributed by atoms with E-state index in [9.17, 15) is 9.59 Å². The minimum absolute atomic E-state index is 0.180. The molecule has 3 aromatic rings. The molecule has 2 heterocycles. The van der Waals surface area contributed by atoms with Gasteiger partial charge in [-0.1, -0.05) is 11.8 Å². The molecule has 1 aromatic carbocycles. The van der Waals surface area contributed by atoms with Gasteiger partial charge in [-0.2, -0.15) is 0 Å². The van der Waals surface area contributed by atoms with Crippen molar-refractivity contribution in [1.82, 2.24) is 30.2 Å². The Morgan fingerprint density at radius 2 is 2.19 bits per heavy atom. The highest BCUT2D eigenvalue weighted by Crippen LogP contribution is 2.16. The number of thioether (sulfide) groups is 1. The number of hydrogen-bond donors (Lipinski definition) is 3. The Morgan fingerprint density at radius 3 is 2.95 bits per heavy atom. The summed E-state index contributed by atoms with van der Waals surface area (Å²) in [5.74, 6) is 0.0100. The molecule has 0 aliphatic rings. The van der Waals surface area contributed by atoms with Crippen molar-refractivity contribution in [1.29, 1.82) is 0 Å². The van der Waals surface area contributed by atoms with Gasteiger partial charge >= 0.3 is 5.69 Å². The quantitative estimate of drug-likeness (QED) is 0.588. The van der Waals surface area contributed by atoms with Crippen LogP contribution in [0.1, 0.15) is 0 Å². The summed E-state index contributed by atoms with van der Waals surface area (Å²) in [5, 5.41) is 14.3. The fourth-order valence-corrected chi connectivity index (χ4v) is 2.43. The number of amides is 1. The summed E-state index contributed by atoms with van der Waals surface area (Å²) >= 11 is 1.24. The number of tetrazole rings is 1. The summed E-state index contributed by atoms with van der Waals surface area (Å²) in [6.45, 7) is 0. The lowest BCUT2D eigenvalue weighted by Gasteiger charge is -2.04. The fourth-order valence-electron chi connectivity index (χ4n) is 1.78. The molecule has 0 unspecified atom stereocenters. The zero-order valence-electron chi connectivity index (χ0n) is 11.0. The maximum Gasteiger partial charge on any atom is 0.323 e. The van der Waals surface area contributed by atoms with Crippen LogP contribution in [0.2, 0.25) is 0 Å². The van der Waals surface area contributed by atoms with Gasteiger partial charge in [-0.15, -0.1) is 5.10 Å². The number of benzene rings is 1. The predicted molar refractivity (Wildman–Crippen MR) is 77.1 cm³/mol. The van der Waals surface area contributed by atoms with Gasteiger partial charge in [0.1, 0.15) is 0 Å². The number of aryl methyl sites for hydroxylation is 1. The smallest absolute Gasteiger partial charge is 0.323 e. The lowest BCUT2D eigenvalue weighted by molar-refractivity contribution is -0.113. The fraction of sp³-hybridized carbons (Fsp3) is 0.182. The van der Waals surface area contributed by atoms with Crippen molar-refractivity contribution < 1.29 is 4.79 Å². The Bertz CT molecular complexity index is 849. The standard InChI is InChI=1S/C11H11N7O2S/c1-18-11(15-16-17-18)21-5-9(19)12-6-2-3-7-8(4-6)14-10(20)13-7/h2-4H,5H2,1H3,(H,12,19)(H2,13,14,20). The van der Waals surface area contributed by atoms with E-state index in [-0.39, 0.29) is 17.3 Å². The van der Waals surface area contributed by atoms with Gasteiger partial charge in [0.05, 0.1) is 16.8 Å². The number of anilines is 1. The molecule has 0 aliphatic carbocycles. The van der Waals surface area contributed by atoms with Crippen LogP contribution < -0.4 is 11.0 Å². The molecule has 10 heteroatoms. The van der Waals surface area contributed by atoms with E-state index in [1.807, 2.05) is 0 Å². The molecule has 3 N–H and O–H groups in total. The summed E-state index contributed by atoms with van der Waals surface area (Å²) in [6.07, 6.45) is 0. The number of fused-ring (bicyclic) bond motifs is 1. The second kappa shape index (κ2) is 5.40. The van der Waals surface area contributed by atoms with Gasteiger partial charge < -0.3 is 15.3 Å². The van der Waals surface area contributed by atoms with Gasteiger partial charge in [0.25, 0.3) is 0 Å². The van der Waals surface area contributed by atoms with Gasteiger partial charge in [0.15, 0.2) is 0 Å². The van der Waals surface area contributed by atoms with Crippen molar-refractivity contribution in [3.05, 3.63) is 28.7 Å². The number of carbonyl (C=O) groups excluding carboxylic acids is 1. The molecule has 0 bridgehead atoms.